The molecule has 0 unspecified atom stereocenters. The molecule has 0 aromatic heterocycles. The molecular formula is C15H17NO2. The Bertz CT molecular complexity index is 1170. The molecule has 0 saturated heterocycles. The van der Waals surface area contributed by atoms with Gasteiger partial charge in [-0.15, -0.1) is 0 Å². The molecule has 0 bridgehead atoms. The van der Waals surface area contributed by atoms with Crippen molar-refractivity contribution in [2.75, 3.05) is 13.5 Å². The Morgan fingerprint density at radius 2 is 2.44 bits per heavy atom. The number of carbonyl (C=O) groups excluding carboxylic acids is 1. The molecule has 0 aliphatic heterocycles. The summed E-state index contributed by atoms with van der Waals surface area (Å²) in [5.74, 6) is -2.93. The van der Waals surface area contributed by atoms with Crippen molar-refractivity contribution < 1.29 is 31.5 Å². The van der Waals surface area contributed by atoms with E-state index in [9.17, 15) is 4.79 Å². The number of amides is 1. The normalized spacial score (nSPS) is 26.2. The van der Waals surface area contributed by atoms with E-state index >= 15 is 0 Å². The van der Waals surface area contributed by atoms with Crippen molar-refractivity contribution in [1.29, 1.82) is 0 Å². The van der Waals surface area contributed by atoms with Crippen LogP contribution >= 0.6 is 0 Å². The first-order valence-corrected chi connectivity index (χ1v) is 4.61. The average Bonchev–Trinajstić information content (AvgIpc) is 2.65. The van der Waals surface area contributed by atoms with Crippen LogP contribution in [0.3, 0.4) is 0 Å². The number of nitrogens with one attached hydrogen (secondary N) is 1. The third-order valence-corrected chi connectivity index (χ3v) is 1.88. The van der Waals surface area contributed by atoms with Crippen LogP contribution in [0.4, 0.5) is 0 Å². The van der Waals surface area contributed by atoms with Crippen molar-refractivity contribution in [2.45, 2.75) is 13.2 Å². The first kappa shape index (κ1) is 3.29. The van der Waals surface area contributed by atoms with Gasteiger partial charge in [0, 0.05) is 22.9 Å². The van der Waals surface area contributed by atoms with E-state index in [0.717, 1.165) is 0 Å². The van der Waals surface area contributed by atoms with Crippen LogP contribution < -0.4 is 10.1 Å². The van der Waals surface area contributed by atoms with E-state index in [1.54, 1.807) is 0 Å². The van der Waals surface area contributed by atoms with Crippen LogP contribution in [0.5, 0.6) is 5.75 Å². The smallest absolute Gasteiger partial charge is 0.216 e. The van der Waals surface area contributed by atoms with Gasteiger partial charge in [0.05, 0.1) is 19.4 Å². The second-order valence-electron chi connectivity index (χ2n) is 3.01. The van der Waals surface area contributed by atoms with Crippen LogP contribution in [0.1, 0.15) is 34.3 Å². The van der Waals surface area contributed by atoms with Gasteiger partial charge in [0.15, 0.2) is 0 Å². The van der Waals surface area contributed by atoms with Gasteiger partial charge in [-0.05, 0) is 34.8 Å². The van der Waals surface area contributed by atoms with Gasteiger partial charge in [-0.25, -0.2) is 0 Å². The molecule has 0 saturated carbocycles. The van der Waals surface area contributed by atoms with E-state index in [1.165, 1.54) is 5.32 Å². The number of benzene rings is 2. The molecule has 0 heterocycles. The van der Waals surface area contributed by atoms with E-state index < -0.39 is 91.0 Å². The van der Waals surface area contributed by atoms with E-state index in [0.29, 0.717) is 0 Å². The van der Waals surface area contributed by atoms with Crippen LogP contribution in [0.15, 0.2) is 36.3 Å². The van der Waals surface area contributed by atoms with Crippen molar-refractivity contribution in [3.05, 3.63) is 41.8 Å². The van der Waals surface area contributed by atoms with E-state index in [-0.39, 0.29) is 0 Å². The summed E-state index contributed by atoms with van der Waals surface area (Å²) in [7, 11) is -3.23. The molecule has 3 nitrogen and oxygen atoms in total. The van der Waals surface area contributed by atoms with Gasteiger partial charge in [0.2, 0.25) is 5.91 Å². The molecule has 1 N–H and O–H groups in total. The van der Waals surface area contributed by atoms with Crippen molar-refractivity contribution >= 4 is 16.7 Å². The number of fused-ring (bicyclic) bond motifs is 1. The minimum atomic E-state index is -3.57. The molecule has 0 fully saturated rings. The van der Waals surface area contributed by atoms with Crippen LogP contribution in [0.25, 0.3) is 10.8 Å². The first-order chi connectivity index (χ1) is 15.1. The fourth-order valence-electron chi connectivity index (χ4n) is 1.18. The lowest BCUT2D eigenvalue weighted by Gasteiger charge is -2.08. The van der Waals surface area contributed by atoms with Crippen LogP contribution in [0, 0.1) is 0 Å². The predicted molar refractivity (Wildman–Crippen MR) is 72.9 cm³/mol. The fourth-order valence-corrected chi connectivity index (χ4v) is 1.18. The Labute approximate surface area is 129 Å². The number of methoxy groups -OCH3 is 1. The maximum atomic E-state index is 11.8. The molecule has 18 heavy (non-hydrogen) atoms. The largest absolute Gasteiger partial charge is 0.497 e. The molecule has 2 rings (SSSR count). The highest BCUT2D eigenvalue weighted by Gasteiger charge is 2.03. The lowest BCUT2D eigenvalue weighted by Crippen LogP contribution is -2.22. The number of aryl methyl sites for hydroxylation is 1. The zero-order valence-corrected chi connectivity index (χ0v) is 8.82. The molecule has 3 heteroatoms. The van der Waals surface area contributed by atoms with Gasteiger partial charge in [-0.3, -0.25) is 4.79 Å². The molecule has 2 aromatic carbocycles. The van der Waals surface area contributed by atoms with Gasteiger partial charge >= 0.3 is 0 Å². The highest BCUT2D eigenvalue weighted by atomic mass is 16.5. The summed E-state index contributed by atoms with van der Waals surface area (Å²) in [6.07, 6.45) is -3.56. The average molecular weight is 259 g/mol. The van der Waals surface area contributed by atoms with Gasteiger partial charge in [-0.1, -0.05) is 24.2 Å². The van der Waals surface area contributed by atoms with Gasteiger partial charge in [0.25, 0.3) is 0 Å². The summed E-state index contributed by atoms with van der Waals surface area (Å²) in [6, 6.07) is -6.05. The Morgan fingerprint density at radius 3 is 3.28 bits per heavy atom. The maximum absolute atomic E-state index is 11.8. The molecule has 0 aliphatic carbocycles. The molecule has 0 radical (unpaired) electrons. The first-order valence-electron chi connectivity index (χ1n) is 12.6. The van der Waals surface area contributed by atoms with E-state index in [2.05, 4.69) is 4.74 Å². The molecule has 0 atom stereocenters. The van der Waals surface area contributed by atoms with Gasteiger partial charge < -0.3 is 10.1 Å². The third-order valence-electron chi connectivity index (χ3n) is 1.88. The number of rotatable bonds is 4. The summed E-state index contributed by atoms with van der Waals surface area (Å²) >= 11 is 0. The lowest BCUT2D eigenvalue weighted by molar-refractivity contribution is -0.118. The van der Waals surface area contributed by atoms with Gasteiger partial charge in [0.1, 0.15) is 5.75 Å². The summed E-state index contributed by atoms with van der Waals surface area (Å²) < 4.78 is 129. The summed E-state index contributed by atoms with van der Waals surface area (Å²) in [5.41, 5.74) is -1.15. The SMILES string of the molecule is [2H]c1c([2H])c(C([2H])([2H])C([2H])([2H])NC(=O)C([2H])([2H])[2H])c2c([2H])c(OC([2H])([2H])[2H])c([2H])c([2H])c2c1[2H]. The van der Waals surface area contributed by atoms with Gasteiger partial charge in [-0.2, -0.15) is 0 Å². The van der Waals surface area contributed by atoms with Crippen LogP contribution in [-0.4, -0.2) is 19.4 Å². The third kappa shape index (κ3) is 2.80. The summed E-state index contributed by atoms with van der Waals surface area (Å²) in [4.78, 5) is 11.8. The molecule has 2 aromatic rings. The Morgan fingerprint density at radius 1 is 1.50 bits per heavy atom. The second kappa shape index (κ2) is 5.54. The topological polar surface area (TPSA) is 38.3 Å². The monoisotopic (exact) mass is 259 g/mol. The van der Waals surface area contributed by atoms with Crippen molar-refractivity contribution in [2.24, 2.45) is 0 Å². The highest BCUT2D eigenvalue weighted by Crippen LogP contribution is 2.24. The number of carbonyl (C=O) groups is 1. The zero-order valence-electron chi connectivity index (χ0n) is 24.8. The second-order valence-corrected chi connectivity index (χ2v) is 3.01. The molecular weight excluding hydrogens is 226 g/mol. The fraction of sp³-hybridized carbons (Fsp3) is 0.267. The molecule has 0 spiro atoms. The number of hydrogen-bond acceptors (Lipinski definition) is 2. The van der Waals surface area contributed by atoms with E-state index in [4.69, 9.17) is 21.9 Å². The molecule has 94 valence electrons. The summed E-state index contributed by atoms with van der Waals surface area (Å²) in [5, 5.41) is -0.244. The lowest BCUT2D eigenvalue weighted by atomic mass is 10.0. The number of hydrogen-bond donors (Lipinski definition) is 1. The zero-order chi connectivity index (χ0) is 26.8. The molecule has 1 amide bonds. The van der Waals surface area contributed by atoms with Crippen LogP contribution in [0.2, 0.25) is 0 Å². The van der Waals surface area contributed by atoms with Crippen LogP contribution in [-0.2, 0) is 11.2 Å². The van der Waals surface area contributed by atoms with Crippen molar-refractivity contribution in [1.82, 2.24) is 5.32 Å². The number of ether oxygens (including phenoxy) is 1. The Balaban J connectivity index is 3.04. The minimum absolute atomic E-state index is 0.731. The Kier molecular flexibility index (Phi) is 1.01. The van der Waals surface area contributed by atoms with E-state index in [1.807, 2.05) is 0 Å². The standard InChI is InChI=1S/C15H17NO2/c1-11(17)16-9-8-13-5-3-4-12-6-7-14(18-2)10-15(12)13/h3-7,10H,8-9H2,1-2H3,(H,16,17)/i1D3,2D3,3D,4D,5D,6D,7D,8D2,9D2,10D. The Hall–Kier alpha value is -2.03. The molecule has 0 aliphatic rings. The predicted octanol–water partition coefficient (Wildman–Crippen LogP) is 2.53. The summed E-state index contributed by atoms with van der Waals surface area (Å²) in [6.45, 7) is -6.95. The quantitative estimate of drug-likeness (QED) is 0.916. The highest BCUT2D eigenvalue weighted by molar-refractivity contribution is 5.87. The minimum Gasteiger partial charge on any atom is -0.497 e. The van der Waals surface area contributed by atoms with Crippen molar-refractivity contribution in [3.8, 4) is 5.75 Å². The maximum Gasteiger partial charge on any atom is 0.216 e. The van der Waals surface area contributed by atoms with Crippen molar-refractivity contribution in [3.63, 3.8) is 0 Å².